The molecule has 0 saturated carbocycles. The molecule has 17 heavy (non-hydrogen) atoms. The summed E-state index contributed by atoms with van der Waals surface area (Å²) < 4.78 is 5.78. The zero-order chi connectivity index (χ0) is 11.9. The molecule has 1 aliphatic rings. The molecule has 0 atom stereocenters. The van der Waals surface area contributed by atoms with Crippen molar-refractivity contribution in [3.63, 3.8) is 0 Å². The van der Waals surface area contributed by atoms with Crippen LogP contribution in [0.25, 0.3) is 0 Å². The van der Waals surface area contributed by atoms with Crippen LogP contribution in [-0.4, -0.2) is 31.1 Å². The second kappa shape index (κ2) is 6.65. The highest BCUT2D eigenvalue weighted by Gasteiger charge is 2.10. The van der Waals surface area contributed by atoms with E-state index >= 15 is 0 Å². The quantitative estimate of drug-likeness (QED) is 0.700. The monoisotopic (exact) mass is 233 g/mol. The lowest BCUT2D eigenvalue weighted by Gasteiger charge is -2.14. The third-order valence-corrected chi connectivity index (χ3v) is 3.39. The van der Waals surface area contributed by atoms with Gasteiger partial charge in [0.15, 0.2) is 0 Å². The molecule has 0 bridgehead atoms. The van der Waals surface area contributed by atoms with E-state index in [9.17, 15) is 0 Å². The van der Waals surface area contributed by atoms with Gasteiger partial charge in [0.05, 0.1) is 6.61 Å². The summed E-state index contributed by atoms with van der Waals surface area (Å²) in [4.78, 5) is 2.53. The molecule has 94 valence electrons. The first kappa shape index (κ1) is 12.4. The predicted molar refractivity (Wildman–Crippen MR) is 71.6 cm³/mol. The predicted octanol–water partition coefficient (Wildman–Crippen LogP) is 3.11. The lowest BCUT2D eigenvalue weighted by atomic mass is 10.2. The van der Waals surface area contributed by atoms with E-state index in [0.717, 1.165) is 25.2 Å². The Bertz CT molecular complexity index is 331. The molecule has 0 unspecified atom stereocenters. The van der Waals surface area contributed by atoms with Gasteiger partial charge >= 0.3 is 0 Å². The van der Waals surface area contributed by atoms with E-state index in [4.69, 9.17) is 4.74 Å². The van der Waals surface area contributed by atoms with Crippen LogP contribution in [0.5, 0.6) is 5.75 Å². The smallest absolute Gasteiger partial charge is 0.119 e. The molecule has 1 heterocycles. The first-order valence-corrected chi connectivity index (χ1v) is 6.82. The van der Waals surface area contributed by atoms with Crippen molar-refractivity contribution in [3.8, 4) is 5.75 Å². The minimum Gasteiger partial charge on any atom is -0.494 e. The fourth-order valence-corrected chi connectivity index (χ4v) is 2.34. The first-order chi connectivity index (χ1) is 8.38. The van der Waals surface area contributed by atoms with Crippen LogP contribution in [0.1, 0.15) is 31.7 Å². The largest absolute Gasteiger partial charge is 0.494 e. The SMILES string of the molecule is CCc1cccc(OCCCN2CCCC2)c1. The van der Waals surface area contributed by atoms with Crippen molar-refractivity contribution in [2.24, 2.45) is 0 Å². The summed E-state index contributed by atoms with van der Waals surface area (Å²) in [5.41, 5.74) is 1.35. The van der Waals surface area contributed by atoms with Crippen molar-refractivity contribution in [1.29, 1.82) is 0 Å². The Balaban J connectivity index is 1.66. The Morgan fingerprint density at radius 3 is 2.82 bits per heavy atom. The standard InChI is InChI=1S/C15H23NO/c1-2-14-7-5-8-15(13-14)17-12-6-11-16-9-3-4-10-16/h5,7-8,13H,2-4,6,9-12H2,1H3. The molecule has 1 fully saturated rings. The highest BCUT2D eigenvalue weighted by molar-refractivity contribution is 5.28. The molecule has 2 nitrogen and oxygen atoms in total. The summed E-state index contributed by atoms with van der Waals surface area (Å²) in [5.74, 6) is 1.02. The molecule has 0 spiro atoms. The minimum atomic E-state index is 0.837. The number of nitrogens with zero attached hydrogens (tertiary/aromatic N) is 1. The van der Waals surface area contributed by atoms with E-state index < -0.39 is 0 Å². The maximum Gasteiger partial charge on any atom is 0.119 e. The lowest BCUT2D eigenvalue weighted by molar-refractivity contribution is 0.263. The summed E-state index contributed by atoms with van der Waals surface area (Å²) in [6.07, 6.45) is 4.96. The summed E-state index contributed by atoms with van der Waals surface area (Å²) >= 11 is 0. The van der Waals surface area contributed by atoms with Crippen molar-refractivity contribution in [2.45, 2.75) is 32.6 Å². The van der Waals surface area contributed by atoms with Crippen molar-refractivity contribution >= 4 is 0 Å². The topological polar surface area (TPSA) is 12.5 Å². The number of hydrogen-bond donors (Lipinski definition) is 0. The van der Waals surface area contributed by atoms with Gasteiger partial charge in [0.25, 0.3) is 0 Å². The van der Waals surface area contributed by atoms with Crippen LogP contribution in [0.3, 0.4) is 0 Å². The molecule has 2 rings (SSSR count). The van der Waals surface area contributed by atoms with Gasteiger partial charge in [0.1, 0.15) is 5.75 Å². The Labute approximate surface area is 105 Å². The second-order valence-corrected chi connectivity index (χ2v) is 4.75. The van der Waals surface area contributed by atoms with Gasteiger partial charge in [-0.2, -0.15) is 0 Å². The Morgan fingerprint density at radius 2 is 2.06 bits per heavy atom. The van der Waals surface area contributed by atoms with Gasteiger partial charge in [-0.3, -0.25) is 0 Å². The maximum absolute atomic E-state index is 5.78. The zero-order valence-electron chi connectivity index (χ0n) is 10.8. The molecule has 0 radical (unpaired) electrons. The van der Waals surface area contributed by atoms with E-state index in [0.29, 0.717) is 0 Å². The number of ether oxygens (including phenoxy) is 1. The average Bonchev–Trinajstić information content (AvgIpc) is 2.88. The number of aryl methyl sites for hydroxylation is 1. The van der Waals surface area contributed by atoms with Gasteiger partial charge in [-0.05, 0) is 56.5 Å². The van der Waals surface area contributed by atoms with Gasteiger partial charge in [-0.15, -0.1) is 0 Å². The van der Waals surface area contributed by atoms with E-state index in [-0.39, 0.29) is 0 Å². The van der Waals surface area contributed by atoms with Crippen LogP contribution in [0.2, 0.25) is 0 Å². The van der Waals surface area contributed by atoms with Crippen LogP contribution in [0.15, 0.2) is 24.3 Å². The average molecular weight is 233 g/mol. The minimum absolute atomic E-state index is 0.837. The molecular weight excluding hydrogens is 210 g/mol. The number of benzene rings is 1. The number of rotatable bonds is 6. The summed E-state index contributed by atoms with van der Waals surface area (Å²) in [7, 11) is 0. The molecule has 0 aromatic heterocycles. The van der Waals surface area contributed by atoms with Crippen LogP contribution < -0.4 is 4.74 Å². The van der Waals surface area contributed by atoms with Gasteiger partial charge in [0, 0.05) is 6.54 Å². The van der Waals surface area contributed by atoms with Crippen molar-refractivity contribution < 1.29 is 4.74 Å². The molecule has 1 aromatic rings. The van der Waals surface area contributed by atoms with E-state index in [2.05, 4.69) is 36.1 Å². The first-order valence-electron chi connectivity index (χ1n) is 6.82. The maximum atomic E-state index is 5.78. The van der Waals surface area contributed by atoms with Gasteiger partial charge < -0.3 is 9.64 Å². The summed E-state index contributed by atoms with van der Waals surface area (Å²) in [5, 5.41) is 0. The van der Waals surface area contributed by atoms with Gasteiger partial charge in [-0.25, -0.2) is 0 Å². The Hall–Kier alpha value is -1.02. The van der Waals surface area contributed by atoms with Crippen LogP contribution in [0.4, 0.5) is 0 Å². The zero-order valence-corrected chi connectivity index (χ0v) is 10.8. The molecule has 1 saturated heterocycles. The highest BCUT2D eigenvalue weighted by Crippen LogP contribution is 2.14. The molecule has 0 aliphatic carbocycles. The molecule has 0 amide bonds. The van der Waals surface area contributed by atoms with Crippen LogP contribution >= 0.6 is 0 Å². The number of likely N-dealkylation sites (tertiary alicyclic amines) is 1. The summed E-state index contributed by atoms with van der Waals surface area (Å²) in [6, 6.07) is 8.43. The third kappa shape index (κ3) is 4.04. The normalized spacial score (nSPS) is 16.3. The Kier molecular flexibility index (Phi) is 4.87. The molecule has 0 N–H and O–H groups in total. The van der Waals surface area contributed by atoms with Gasteiger partial charge in [0.2, 0.25) is 0 Å². The van der Waals surface area contributed by atoms with Crippen molar-refractivity contribution in [3.05, 3.63) is 29.8 Å². The van der Waals surface area contributed by atoms with Crippen LogP contribution in [0, 0.1) is 0 Å². The molecule has 1 aromatic carbocycles. The van der Waals surface area contributed by atoms with Crippen molar-refractivity contribution in [1.82, 2.24) is 4.90 Å². The van der Waals surface area contributed by atoms with Crippen molar-refractivity contribution in [2.75, 3.05) is 26.2 Å². The number of hydrogen-bond acceptors (Lipinski definition) is 2. The van der Waals surface area contributed by atoms with Gasteiger partial charge in [-0.1, -0.05) is 19.1 Å². The molecular formula is C15H23NO. The highest BCUT2D eigenvalue weighted by atomic mass is 16.5. The van der Waals surface area contributed by atoms with Crippen LogP contribution in [-0.2, 0) is 6.42 Å². The fourth-order valence-electron chi connectivity index (χ4n) is 2.34. The lowest BCUT2D eigenvalue weighted by Crippen LogP contribution is -2.21. The van der Waals surface area contributed by atoms with E-state index in [1.165, 1.54) is 38.0 Å². The summed E-state index contributed by atoms with van der Waals surface area (Å²) in [6.45, 7) is 6.76. The fraction of sp³-hybridized carbons (Fsp3) is 0.600. The second-order valence-electron chi connectivity index (χ2n) is 4.75. The Morgan fingerprint density at radius 1 is 1.24 bits per heavy atom. The van der Waals surface area contributed by atoms with E-state index in [1.54, 1.807) is 0 Å². The van der Waals surface area contributed by atoms with E-state index in [1.807, 2.05) is 0 Å². The molecule has 2 heteroatoms. The third-order valence-electron chi connectivity index (χ3n) is 3.39. The molecule has 1 aliphatic heterocycles.